The Balaban J connectivity index is 1.49. The molecule has 150 valence electrons. The van der Waals surface area contributed by atoms with Crippen molar-refractivity contribution in [1.29, 1.82) is 0 Å². The van der Waals surface area contributed by atoms with Gasteiger partial charge in [0.1, 0.15) is 0 Å². The smallest absolute Gasteiger partial charge is 0.238 e. The molecular formula is C21H33N3O3. The van der Waals surface area contributed by atoms with Crippen LogP contribution < -0.4 is 5.32 Å². The van der Waals surface area contributed by atoms with Gasteiger partial charge in [-0.25, -0.2) is 0 Å². The van der Waals surface area contributed by atoms with E-state index in [9.17, 15) is 9.90 Å². The summed E-state index contributed by atoms with van der Waals surface area (Å²) in [6.45, 7) is 7.69. The summed E-state index contributed by atoms with van der Waals surface area (Å²) in [5.74, 6) is -0.00821. The third-order valence-corrected chi connectivity index (χ3v) is 5.62. The van der Waals surface area contributed by atoms with Gasteiger partial charge in [-0.05, 0) is 43.5 Å². The maximum absolute atomic E-state index is 12.5. The van der Waals surface area contributed by atoms with E-state index in [0.717, 1.165) is 70.8 Å². The minimum Gasteiger partial charge on any atom is -0.392 e. The van der Waals surface area contributed by atoms with Gasteiger partial charge in [-0.3, -0.25) is 14.6 Å². The quantitative estimate of drug-likeness (QED) is 0.764. The van der Waals surface area contributed by atoms with Crippen LogP contribution in [0.2, 0.25) is 0 Å². The molecule has 27 heavy (non-hydrogen) atoms. The summed E-state index contributed by atoms with van der Waals surface area (Å²) in [5, 5.41) is 13.2. The number of aliphatic hydroxyl groups is 1. The van der Waals surface area contributed by atoms with Gasteiger partial charge < -0.3 is 15.2 Å². The normalized spacial score (nSPS) is 23.1. The molecular weight excluding hydrogens is 342 g/mol. The van der Waals surface area contributed by atoms with Crippen LogP contribution in [0.25, 0.3) is 0 Å². The van der Waals surface area contributed by atoms with E-state index in [1.807, 2.05) is 19.1 Å². The van der Waals surface area contributed by atoms with E-state index in [1.54, 1.807) is 0 Å². The second kappa shape index (κ2) is 10.2. The molecule has 2 atom stereocenters. The molecule has 2 aliphatic heterocycles. The number of carbonyl (C=O) groups excluding carboxylic acids is 1. The Bertz CT molecular complexity index is 587. The topological polar surface area (TPSA) is 65.0 Å². The van der Waals surface area contributed by atoms with E-state index < -0.39 is 0 Å². The number of ether oxygens (including phenoxy) is 1. The number of likely N-dealkylation sites (tertiary alicyclic amines) is 1. The average Bonchev–Trinajstić information content (AvgIpc) is 2.70. The third-order valence-electron chi connectivity index (χ3n) is 5.62. The van der Waals surface area contributed by atoms with Gasteiger partial charge in [-0.1, -0.05) is 25.5 Å². The lowest BCUT2D eigenvalue weighted by Gasteiger charge is -2.37. The Morgan fingerprint density at radius 1 is 1.22 bits per heavy atom. The van der Waals surface area contributed by atoms with Gasteiger partial charge in [0.2, 0.25) is 5.91 Å². The van der Waals surface area contributed by atoms with Crippen molar-refractivity contribution in [2.45, 2.75) is 51.3 Å². The zero-order valence-electron chi connectivity index (χ0n) is 16.4. The van der Waals surface area contributed by atoms with Gasteiger partial charge in [-0.15, -0.1) is 0 Å². The third kappa shape index (κ3) is 6.01. The Labute approximate surface area is 162 Å². The first-order valence-corrected chi connectivity index (χ1v) is 10.3. The molecule has 2 unspecified atom stereocenters. The van der Waals surface area contributed by atoms with E-state index in [1.165, 1.54) is 5.56 Å². The Hall–Kier alpha value is -1.47. The van der Waals surface area contributed by atoms with Crippen molar-refractivity contribution in [3.63, 3.8) is 0 Å². The molecule has 0 spiro atoms. The minimum atomic E-state index is -0.349. The molecule has 2 heterocycles. The summed E-state index contributed by atoms with van der Waals surface area (Å²) in [7, 11) is 0. The molecule has 6 nitrogen and oxygen atoms in total. The molecule has 6 heteroatoms. The number of carbonyl (C=O) groups is 1. The zero-order valence-corrected chi connectivity index (χ0v) is 16.4. The molecule has 0 aromatic heterocycles. The highest BCUT2D eigenvalue weighted by Gasteiger charge is 2.28. The number of hydrogen-bond donors (Lipinski definition) is 2. The lowest BCUT2D eigenvalue weighted by Crippen LogP contribution is -2.49. The maximum atomic E-state index is 12.5. The zero-order chi connectivity index (χ0) is 19.1. The molecule has 0 bridgehead atoms. The van der Waals surface area contributed by atoms with Crippen molar-refractivity contribution >= 4 is 11.6 Å². The van der Waals surface area contributed by atoms with Crippen molar-refractivity contribution in [3.05, 3.63) is 29.8 Å². The van der Waals surface area contributed by atoms with Crippen LogP contribution in [-0.4, -0.2) is 72.4 Å². The van der Waals surface area contributed by atoms with Crippen LogP contribution in [0.4, 0.5) is 5.69 Å². The lowest BCUT2D eigenvalue weighted by atomic mass is 9.96. The van der Waals surface area contributed by atoms with E-state index in [4.69, 9.17) is 4.74 Å². The highest BCUT2D eigenvalue weighted by Crippen LogP contribution is 2.21. The predicted octanol–water partition coefficient (Wildman–Crippen LogP) is 2.08. The monoisotopic (exact) mass is 375 g/mol. The number of nitrogens with zero attached hydrogens (tertiary/aromatic N) is 2. The van der Waals surface area contributed by atoms with Gasteiger partial charge in [0, 0.05) is 31.4 Å². The second-order valence-electron chi connectivity index (χ2n) is 7.64. The predicted molar refractivity (Wildman–Crippen MR) is 107 cm³/mol. The first kappa shape index (κ1) is 20.3. The Morgan fingerprint density at radius 3 is 2.67 bits per heavy atom. The number of anilines is 1. The van der Waals surface area contributed by atoms with Crippen molar-refractivity contribution in [2.24, 2.45) is 0 Å². The van der Waals surface area contributed by atoms with Crippen molar-refractivity contribution < 1.29 is 14.6 Å². The average molecular weight is 376 g/mol. The number of piperidine rings is 1. The van der Waals surface area contributed by atoms with Crippen LogP contribution in [0.3, 0.4) is 0 Å². The van der Waals surface area contributed by atoms with E-state index >= 15 is 0 Å². The number of rotatable bonds is 7. The van der Waals surface area contributed by atoms with Gasteiger partial charge >= 0.3 is 0 Å². The number of aliphatic hydroxyl groups excluding tert-OH is 1. The summed E-state index contributed by atoms with van der Waals surface area (Å²) in [6, 6.07) is 8.21. The number of nitrogens with one attached hydrogen (secondary N) is 1. The van der Waals surface area contributed by atoms with Crippen molar-refractivity contribution in [2.75, 3.05) is 44.7 Å². The van der Waals surface area contributed by atoms with Crippen LogP contribution in [0.15, 0.2) is 24.3 Å². The molecule has 1 aromatic rings. The summed E-state index contributed by atoms with van der Waals surface area (Å²) < 4.78 is 5.38. The first-order chi connectivity index (χ1) is 13.2. The summed E-state index contributed by atoms with van der Waals surface area (Å²) >= 11 is 0. The SMILES string of the molecule is CCC(O)C1CCCCN1CC(=O)Nc1ccc(CN2CCOCC2)cc1. The standard InChI is InChI=1S/C21H33N3O3/c1-2-20(25)19-5-3-4-10-24(19)16-21(26)22-18-8-6-17(7-9-18)15-23-11-13-27-14-12-23/h6-9,19-20,25H,2-5,10-16H2,1H3,(H,22,26). The fraction of sp³-hybridized carbons (Fsp3) is 0.667. The number of morpholine rings is 1. The van der Waals surface area contributed by atoms with Crippen LogP contribution in [-0.2, 0) is 16.1 Å². The fourth-order valence-corrected chi connectivity index (χ4v) is 4.02. The van der Waals surface area contributed by atoms with Gasteiger partial charge in [-0.2, -0.15) is 0 Å². The Morgan fingerprint density at radius 2 is 1.96 bits per heavy atom. The van der Waals surface area contributed by atoms with Gasteiger partial charge in [0.25, 0.3) is 0 Å². The summed E-state index contributed by atoms with van der Waals surface area (Å²) in [6.07, 6.45) is 3.57. The Kier molecular flexibility index (Phi) is 7.64. The lowest BCUT2D eigenvalue weighted by molar-refractivity contribution is -0.119. The summed E-state index contributed by atoms with van der Waals surface area (Å²) in [5.41, 5.74) is 2.08. The van der Waals surface area contributed by atoms with Gasteiger partial charge in [0.05, 0.1) is 25.9 Å². The van der Waals surface area contributed by atoms with Crippen LogP contribution in [0.1, 0.15) is 38.2 Å². The fourth-order valence-electron chi connectivity index (χ4n) is 4.02. The molecule has 3 rings (SSSR count). The number of amides is 1. The van der Waals surface area contributed by atoms with E-state index in [0.29, 0.717) is 6.54 Å². The molecule has 2 saturated heterocycles. The second-order valence-corrected chi connectivity index (χ2v) is 7.64. The molecule has 2 N–H and O–H groups in total. The molecule has 0 aliphatic carbocycles. The summed E-state index contributed by atoms with van der Waals surface area (Å²) in [4.78, 5) is 17.0. The maximum Gasteiger partial charge on any atom is 0.238 e. The molecule has 2 aliphatic rings. The highest BCUT2D eigenvalue weighted by atomic mass is 16.5. The van der Waals surface area contributed by atoms with E-state index in [-0.39, 0.29) is 18.1 Å². The molecule has 1 amide bonds. The number of benzene rings is 1. The minimum absolute atomic E-state index is 0.00821. The largest absolute Gasteiger partial charge is 0.392 e. The highest BCUT2D eigenvalue weighted by molar-refractivity contribution is 5.92. The van der Waals surface area contributed by atoms with E-state index in [2.05, 4.69) is 27.2 Å². The molecule has 1 aromatic carbocycles. The van der Waals surface area contributed by atoms with Crippen LogP contribution in [0.5, 0.6) is 0 Å². The first-order valence-electron chi connectivity index (χ1n) is 10.3. The van der Waals surface area contributed by atoms with Crippen LogP contribution in [0, 0.1) is 0 Å². The molecule has 0 radical (unpaired) electrons. The molecule has 0 saturated carbocycles. The van der Waals surface area contributed by atoms with Crippen LogP contribution >= 0.6 is 0 Å². The van der Waals surface area contributed by atoms with Gasteiger partial charge in [0.15, 0.2) is 0 Å². The number of hydrogen-bond acceptors (Lipinski definition) is 5. The van der Waals surface area contributed by atoms with Crippen molar-refractivity contribution in [1.82, 2.24) is 9.80 Å². The molecule has 2 fully saturated rings. The van der Waals surface area contributed by atoms with Crippen molar-refractivity contribution in [3.8, 4) is 0 Å².